The second kappa shape index (κ2) is 8.55. The lowest BCUT2D eigenvalue weighted by Crippen LogP contribution is -2.38. The van der Waals surface area contributed by atoms with Crippen LogP contribution in [0.1, 0.15) is 37.9 Å². The van der Waals surface area contributed by atoms with E-state index >= 15 is 0 Å². The number of anilines is 1. The van der Waals surface area contributed by atoms with Crippen LogP contribution in [0.2, 0.25) is 0 Å². The third kappa shape index (κ3) is 3.80. The minimum absolute atomic E-state index is 0.191. The van der Waals surface area contributed by atoms with Gasteiger partial charge in [0.1, 0.15) is 17.8 Å². The minimum atomic E-state index is -1.75. The van der Waals surface area contributed by atoms with Gasteiger partial charge in [-0.25, -0.2) is 9.18 Å². The summed E-state index contributed by atoms with van der Waals surface area (Å²) in [5.74, 6) is -6.44. The summed E-state index contributed by atoms with van der Waals surface area (Å²) in [6.07, 6.45) is -1.35. The summed E-state index contributed by atoms with van der Waals surface area (Å²) in [6.45, 7) is 1.75. The van der Waals surface area contributed by atoms with Crippen LogP contribution in [0.5, 0.6) is 0 Å². The van der Waals surface area contributed by atoms with Crippen LogP contribution >= 0.6 is 0 Å². The number of amides is 1. The molecule has 6 nitrogen and oxygen atoms in total. The zero-order valence-electron chi connectivity index (χ0n) is 17.0. The average molecular weight is 431 g/mol. The first kappa shape index (κ1) is 21.1. The number of benzene rings is 3. The highest BCUT2D eigenvalue weighted by Crippen LogP contribution is 2.38. The number of para-hydroxylation sites is 1. The SMILES string of the molecule is Cc1ccccc1NC(=O)C(=O)[C@H](C(=O)c1ccccc1F)[C@H]1OC(=O)c2ccccc21. The Morgan fingerprint density at radius 2 is 1.59 bits per heavy atom. The molecule has 0 saturated heterocycles. The molecule has 1 aliphatic rings. The smallest absolute Gasteiger partial charge is 0.339 e. The van der Waals surface area contributed by atoms with Gasteiger partial charge in [-0.05, 0) is 36.8 Å². The maximum absolute atomic E-state index is 14.4. The van der Waals surface area contributed by atoms with E-state index in [4.69, 9.17) is 4.74 Å². The van der Waals surface area contributed by atoms with Crippen LogP contribution in [0.15, 0.2) is 72.8 Å². The molecule has 1 N–H and O–H groups in total. The van der Waals surface area contributed by atoms with Crippen LogP contribution in [0, 0.1) is 18.7 Å². The normalized spacial score (nSPS) is 15.4. The molecule has 0 saturated carbocycles. The monoisotopic (exact) mass is 431 g/mol. The summed E-state index contributed by atoms with van der Waals surface area (Å²) in [5, 5.41) is 2.50. The number of esters is 1. The van der Waals surface area contributed by atoms with Crippen LogP contribution in [0.25, 0.3) is 0 Å². The van der Waals surface area contributed by atoms with Gasteiger partial charge in [0, 0.05) is 11.3 Å². The average Bonchev–Trinajstić information content (AvgIpc) is 3.12. The molecule has 160 valence electrons. The fourth-order valence-electron chi connectivity index (χ4n) is 3.68. The van der Waals surface area contributed by atoms with E-state index in [-0.39, 0.29) is 11.1 Å². The van der Waals surface area contributed by atoms with Crippen molar-refractivity contribution in [3.8, 4) is 0 Å². The number of ketones is 2. The molecule has 0 bridgehead atoms. The summed E-state index contributed by atoms with van der Waals surface area (Å²) >= 11 is 0. The molecule has 1 aliphatic heterocycles. The number of nitrogens with one attached hydrogen (secondary N) is 1. The van der Waals surface area contributed by atoms with Gasteiger partial charge in [-0.1, -0.05) is 48.5 Å². The van der Waals surface area contributed by atoms with E-state index in [2.05, 4.69) is 5.32 Å². The zero-order valence-corrected chi connectivity index (χ0v) is 17.0. The first-order valence-electron chi connectivity index (χ1n) is 9.88. The number of hydrogen-bond donors (Lipinski definition) is 1. The predicted octanol–water partition coefficient (Wildman–Crippen LogP) is 4.05. The quantitative estimate of drug-likeness (QED) is 0.275. The Labute approximate surface area is 183 Å². The van der Waals surface area contributed by atoms with E-state index < -0.39 is 41.3 Å². The number of aryl methyl sites for hydroxylation is 1. The van der Waals surface area contributed by atoms with Gasteiger partial charge >= 0.3 is 5.97 Å². The van der Waals surface area contributed by atoms with Gasteiger partial charge < -0.3 is 10.1 Å². The van der Waals surface area contributed by atoms with Crippen LogP contribution in [0.3, 0.4) is 0 Å². The largest absolute Gasteiger partial charge is 0.453 e. The molecule has 1 heterocycles. The fraction of sp³-hybridized carbons (Fsp3) is 0.120. The van der Waals surface area contributed by atoms with Crippen molar-refractivity contribution in [1.82, 2.24) is 0 Å². The van der Waals surface area contributed by atoms with E-state index in [1.54, 1.807) is 49.4 Å². The summed E-state index contributed by atoms with van der Waals surface area (Å²) < 4.78 is 19.7. The van der Waals surface area contributed by atoms with E-state index in [0.29, 0.717) is 16.8 Å². The standard InChI is InChI=1S/C25H18FNO5/c1-14-8-2-7-13-19(14)27-24(30)22(29)20(21(28)17-11-5-6-12-18(17)26)23-15-9-3-4-10-16(15)25(31)32-23/h2-13,20,23H,1H3,(H,27,30)/t20-,23-/m0/s1. The summed E-state index contributed by atoms with van der Waals surface area (Å²) in [7, 11) is 0. The maximum atomic E-state index is 14.4. The second-order valence-corrected chi connectivity index (χ2v) is 7.37. The third-order valence-electron chi connectivity index (χ3n) is 5.35. The van der Waals surface area contributed by atoms with Gasteiger partial charge in [0.2, 0.25) is 5.78 Å². The minimum Gasteiger partial charge on any atom is -0.453 e. The molecule has 3 aromatic rings. The summed E-state index contributed by atoms with van der Waals surface area (Å²) in [6, 6.07) is 18.2. The van der Waals surface area contributed by atoms with Crippen molar-refractivity contribution in [3.63, 3.8) is 0 Å². The molecule has 32 heavy (non-hydrogen) atoms. The Balaban J connectivity index is 1.74. The van der Waals surface area contributed by atoms with Gasteiger partial charge in [-0.3, -0.25) is 14.4 Å². The molecule has 3 aromatic carbocycles. The fourth-order valence-corrected chi connectivity index (χ4v) is 3.68. The molecular formula is C25H18FNO5. The van der Waals surface area contributed by atoms with Crippen molar-refractivity contribution < 1.29 is 28.3 Å². The maximum Gasteiger partial charge on any atom is 0.339 e. The number of cyclic esters (lactones) is 1. The van der Waals surface area contributed by atoms with E-state index in [1.165, 1.54) is 24.3 Å². The Morgan fingerprint density at radius 1 is 0.938 bits per heavy atom. The molecule has 0 spiro atoms. The highest BCUT2D eigenvalue weighted by Gasteiger charge is 2.46. The first-order valence-corrected chi connectivity index (χ1v) is 9.88. The Bertz CT molecular complexity index is 1250. The number of carbonyl (C=O) groups excluding carboxylic acids is 4. The van der Waals surface area contributed by atoms with Crippen LogP contribution in [-0.4, -0.2) is 23.4 Å². The van der Waals surface area contributed by atoms with Crippen molar-refractivity contribution in [2.45, 2.75) is 13.0 Å². The highest BCUT2D eigenvalue weighted by atomic mass is 19.1. The van der Waals surface area contributed by atoms with Gasteiger partial charge in [-0.15, -0.1) is 0 Å². The van der Waals surface area contributed by atoms with Crippen molar-refractivity contribution in [3.05, 3.63) is 101 Å². The predicted molar refractivity (Wildman–Crippen MR) is 114 cm³/mol. The number of hydrogen-bond acceptors (Lipinski definition) is 5. The lowest BCUT2D eigenvalue weighted by molar-refractivity contribution is -0.138. The molecule has 0 fully saturated rings. The van der Waals surface area contributed by atoms with Gasteiger partial charge in [0.25, 0.3) is 5.91 Å². The summed E-state index contributed by atoms with van der Waals surface area (Å²) in [5.41, 5.74) is 1.23. The molecular weight excluding hydrogens is 413 g/mol. The second-order valence-electron chi connectivity index (χ2n) is 7.37. The lowest BCUT2D eigenvalue weighted by Gasteiger charge is -2.21. The number of rotatable bonds is 6. The highest BCUT2D eigenvalue weighted by molar-refractivity contribution is 6.45. The number of Topliss-reactive ketones (excluding diaryl/α,β-unsaturated/α-hetero) is 2. The van der Waals surface area contributed by atoms with Gasteiger partial charge in [-0.2, -0.15) is 0 Å². The van der Waals surface area contributed by atoms with Crippen LogP contribution in [-0.2, 0) is 14.3 Å². The number of fused-ring (bicyclic) bond motifs is 1. The van der Waals surface area contributed by atoms with Crippen molar-refractivity contribution in [1.29, 1.82) is 0 Å². The molecule has 0 radical (unpaired) electrons. The molecule has 0 unspecified atom stereocenters. The summed E-state index contributed by atoms with van der Waals surface area (Å²) in [4.78, 5) is 51.7. The van der Waals surface area contributed by atoms with E-state index in [9.17, 15) is 23.6 Å². The molecule has 0 aromatic heterocycles. The van der Waals surface area contributed by atoms with Gasteiger partial charge in [0.05, 0.1) is 11.1 Å². The Kier molecular flexibility index (Phi) is 5.64. The Hall–Kier alpha value is -4.13. The zero-order chi connectivity index (χ0) is 22.8. The van der Waals surface area contributed by atoms with Crippen molar-refractivity contribution >= 4 is 29.1 Å². The van der Waals surface area contributed by atoms with Gasteiger partial charge in [0.15, 0.2) is 5.78 Å². The van der Waals surface area contributed by atoms with E-state index in [1.807, 2.05) is 0 Å². The molecule has 7 heteroatoms. The molecule has 2 atom stereocenters. The van der Waals surface area contributed by atoms with Crippen molar-refractivity contribution in [2.24, 2.45) is 5.92 Å². The topological polar surface area (TPSA) is 89.5 Å². The number of ether oxygens (including phenoxy) is 1. The molecule has 1 amide bonds. The number of halogens is 1. The first-order chi connectivity index (χ1) is 15.4. The lowest BCUT2D eigenvalue weighted by atomic mass is 9.84. The third-order valence-corrected chi connectivity index (χ3v) is 5.35. The van der Waals surface area contributed by atoms with Crippen LogP contribution < -0.4 is 5.32 Å². The van der Waals surface area contributed by atoms with E-state index in [0.717, 1.165) is 6.07 Å². The molecule has 4 rings (SSSR count). The Morgan fingerprint density at radius 3 is 2.34 bits per heavy atom. The van der Waals surface area contributed by atoms with Crippen molar-refractivity contribution in [2.75, 3.05) is 5.32 Å². The number of carbonyl (C=O) groups is 4. The van der Waals surface area contributed by atoms with Crippen LogP contribution in [0.4, 0.5) is 10.1 Å². The molecule has 0 aliphatic carbocycles.